The topological polar surface area (TPSA) is 55.6 Å². The van der Waals surface area contributed by atoms with E-state index in [2.05, 4.69) is 0 Å². The highest BCUT2D eigenvalue weighted by Gasteiger charge is 2.38. The zero-order chi connectivity index (χ0) is 13.9. The quantitative estimate of drug-likeness (QED) is 0.885. The Hall–Kier alpha value is -1.55. The number of hydrogen-bond acceptors (Lipinski definition) is 3. The highest BCUT2D eigenvalue weighted by molar-refractivity contribution is 5.94. The molecule has 1 saturated carbocycles. The molecule has 0 atom stereocenters. The first-order chi connectivity index (χ1) is 9.12. The lowest BCUT2D eigenvalue weighted by atomic mass is 9.66. The van der Waals surface area contributed by atoms with E-state index in [4.69, 9.17) is 10.5 Å². The lowest BCUT2D eigenvalue weighted by molar-refractivity contribution is -0.121. The van der Waals surface area contributed by atoms with E-state index in [1.165, 1.54) is 6.42 Å². The van der Waals surface area contributed by atoms with Crippen LogP contribution in [0.1, 0.15) is 25.7 Å². The van der Waals surface area contributed by atoms with Crippen LogP contribution in [0.15, 0.2) is 24.3 Å². The molecule has 2 N–H and O–H groups in total. The summed E-state index contributed by atoms with van der Waals surface area (Å²) in [6.07, 6.45) is 3.84. The molecule has 1 amide bonds. The summed E-state index contributed by atoms with van der Waals surface area (Å²) in [6, 6.07) is 7.56. The lowest BCUT2D eigenvalue weighted by Gasteiger charge is -2.41. The molecule has 4 nitrogen and oxygen atoms in total. The number of methoxy groups -OCH3 is 1. The summed E-state index contributed by atoms with van der Waals surface area (Å²) >= 11 is 0. The predicted molar refractivity (Wildman–Crippen MR) is 76.4 cm³/mol. The highest BCUT2D eigenvalue weighted by atomic mass is 16.5. The van der Waals surface area contributed by atoms with Crippen LogP contribution < -0.4 is 15.4 Å². The number of ether oxygens (including phenoxy) is 1. The van der Waals surface area contributed by atoms with Crippen molar-refractivity contribution in [2.45, 2.75) is 25.7 Å². The molecule has 1 aromatic carbocycles. The summed E-state index contributed by atoms with van der Waals surface area (Å²) in [5, 5.41) is 0. The van der Waals surface area contributed by atoms with Crippen molar-refractivity contribution < 1.29 is 9.53 Å². The number of nitrogens with zero attached hydrogens (tertiary/aromatic N) is 1. The van der Waals surface area contributed by atoms with Gasteiger partial charge in [-0.2, -0.15) is 0 Å². The molecule has 104 valence electrons. The number of benzene rings is 1. The van der Waals surface area contributed by atoms with E-state index in [0.29, 0.717) is 18.7 Å². The van der Waals surface area contributed by atoms with Crippen molar-refractivity contribution in [2.75, 3.05) is 25.6 Å². The molecular weight excluding hydrogens is 240 g/mol. The van der Waals surface area contributed by atoms with Crippen LogP contribution in [-0.4, -0.2) is 26.6 Å². The number of carbonyl (C=O) groups is 1. The largest absolute Gasteiger partial charge is 0.495 e. The predicted octanol–water partition coefficient (Wildman–Crippen LogP) is 2.18. The Morgan fingerprint density at radius 2 is 2.11 bits per heavy atom. The van der Waals surface area contributed by atoms with Crippen LogP contribution in [0.4, 0.5) is 5.69 Å². The van der Waals surface area contributed by atoms with Crippen LogP contribution in [0.25, 0.3) is 0 Å². The Balaban J connectivity index is 2.10. The molecular formula is C15H22N2O2. The van der Waals surface area contributed by atoms with Crippen molar-refractivity contribution in [1.29, 1.82) is 0 Å². The van der Waals surface area contributed by atoms with Crippen molar-refractivity contribution in [3.8, 4) is 5.75 Å². The van der Waals surface area contributed by atoms with Gasteiger partial charge >= 0.3 is 0 Å². The van der Waals surface area contributed by atoms with E-state index < -0.39 is 0 Å². The van der Waals surface area contributed by atoms with Gasteiger partial charge in [0.25, 0.3) is 0 Å². The van der Waals surface area contributed by atoms with Crippen LogP contribution in [0.5, 0.6) is 5.75 Å². The molecule has 19 heavy (non-hydrogen) atoms. The smallest absolute Gasteiger partial charge is 0.227 e. The molecule has 0 bridgehead atoms. The van der Waals surface area contributed by atoms with Gasteiger partial charge in [-0.1, -0.05) is 18.6 Å². The summed E-state index contributed by atoms with van der Waals surface area (Å²) in [5.41, 5.74) is 6.66. The number of hydrogen-bond donors (Lipinski definition) is 1. The first-order valence-electron chi connectivity index (χ1n) is 6.71. The number of rotatable bonds is 5. The monoisotopic (exact) mass is 262 g/mol. The van der Waals surface area contributed by atoms with Gasteiger partial charge in [-0.3, -0.25) is 4.79 Å². The summed E-state index contributed by atoms with van der Waals surface area (Å²) in [5.74, 6) is 0.823. The minimum absolute atomic E-state index is 0.0351. The minimum atomic E-state index is 0.0351. The van der Waals surface area contributed by atoms with E-state index in [1.807, 2.05) is 24.3 Å². The van der Waals surface area contributed by atoms with Crippen LogP contribution in [0, 0.1) is 5.41 Å². The SMILES string of the molecule is COc1ccccc1N(C)C(=O)CC1(CN)CCC1. The van der Waals surface area contributed by atoms with Gasteiger partial charge in [0, 0.05) is 13.5 Å². The van der Waals surface area contributed by atoms with E-state index in [9.17, 15) is 4.79 Å². The zero-order valence-electron chi connectivity index (χ0n) is 11.7. The molecule has 0 radical (unpaired) electrons. The molecule has 1 fully saturated rings. The Morgan fingerprint density at radius 3 is 2.63 bits per heavy atom. The van der Waals surface area contributed by atoms with Crippen LogP contribution in [-0.2, 0) is 4.79 Å². The maximum Gasteiger partial charge on any atom is 0.227 e. The lowest BCUT2D eigenvalue weighted by Crippen LogP contribution is -2.42. The molecule has 0 unspecified atom stereocenters. The third kappa shape index (κ3) is 2.73. The van der Waals surface area contributed by atoms with Gasteiger partial charge in [0.15, 0.2) is 0 Å². The Kier molecular flexibility index (Phi) is 4.10. The minimum Gasteiger partial charge on any atom is -0.495 e. The number of anilines is 1. The first kappa shape index (κ1) is 13.9. The summed E-state index contributed by atoms with van der Waals surface area (Å²) in [7, 11) is 3.41. The number of carbonyl (C=O) groups excluding carboxylic acids is 1. The molecule has 4 heteroatoms. The van der Waals surface area contributed by atoms with Gasteiger partial charge < -0.3 is 15.4 Å². The molecule has 0 aromatic heterocycles. The average Bonchev–Trinajstić information content (AvgIpc) is 2.41. The summed E-state index contributed by atoms with van der Waals surface area (Å²) in [4.78, 5) is 14.1. The van der Waals surface area contributed by atoms with Crippen LogP contribution in [0.3, 0.4) is 0 Å². The third-order valence-electron chi connectivity index (χ3n) is 4.19. The standard InChI is InChI=1S/C15H22N2O2/c1-17(12-6-3-4-7-13(12)19-2)14(18)10-15(11-16)8-5-9-15/h3-4,6-7H,5,8-11,16H2,1-2H3. The van der Waals surface area contributed by atoms with Crippen LogP contribution in [0.2, 0.25) is 0 Å². The average molecular weight is 262 g/mol. The van der Waals surface area contributed by atoms with Gasteiger partial charge in [0.1, 0.15) is 5.75 Å². The van der Waals surface area contributed by atoms with Gasteiger partial charge in [-0.05, 0) is 36.9 Å². The molecule has 1 aliphatic carbocycles. The Labute approximate surface area is 114 Å². The molecule has 0 heterocycles. The fourth-order valence-corrected chi connectivity index (χ4v) is 2.61. The van der Waals surface area contributed by atoms with Gasteiger partial charge in [-0.15, -0.1) is 0 Å². The number of nitrogens with two attached hydrogens (primary N) is 1. The highest BCUT2D eigenvalue weighted by Crippen LogP contribution is 2.43. The van der Waals surface area contributed by atoms with E-state index in [1.54, 1.807) is 19.1 Å². The maximum absolute atomic E-state index is 12.4. The summed E-state index contributed by atoms with van der Waals surface area (Å²) < 4.78 is 5.29. The van der Waals surface area contributed by atoms with Crippen molar-refractivity contribution >= 4 is 11.6 Å². The van der Waals surface area contributed by atoms with Crippen molar-refractivity contribution in [1.82, 2.24) is 0 Å². The van der Waals surface area contributed by atoms with Crippen molar-refractivity contribution in [3.05, 3.63) is 24.3 Å². The second-order valence-corrected chi connectivity index (χ2v) is 5.36. The fraction of sp³-hybridized carbons (Fsp3) is 0.533. The normalized spacial score (nSPS) is 16.6. The van der Waals surface area contributed by atoms with E-state index >= 15 is 0 Å². The molecule has 0 spiro atoms. The fourth-order valence-electron chi connectivity index (χ4n) is 2.61. The molecule has 1 aliphatic rings. The van der Waals surface area contributed by atoms with Gasteiger partial charge in [-0.25, -0.2) is 0 Å². The molecule has 2 rings (SSSR count). The van der Waals surface area contributed by atoms with E-state index in [-0.39, 0.29) is 11.3 Å². The Bertz CT molecular complexity index is 450. The molecule has 0 saturated heterocycles. The van der Waals surface area contributed by atoms with E-state index in [0.717, 1.165) is 18.5 Å². The maximum atomic E-state index is 12.4. The molecule has 0 aliphatic heterocycles. The Morgan fingerprint density at radius 1 is 1.42 bits per heavy atom. The third-order valence-corrected chi connectivity index (χ3v) is 4.19. The second-order valence-electron chi connectivity index (χ2n) is 5.36. The second kappa shape index (κ2) is 5.61. The van der Waals surface area contributed by atoms with Crippen molar-refractivity contribution in [2.24, 2.45) is 11.1 Å². The van der Waals surface area contributed by atoms with Crippen LogP contribution >= 0.6 is 0 Å². The van der Waals surface area contributed by atoms with Gasteiger partial charge in [0.2, 0.25) is 5.91 Å². The van der Waals surface area contributed by atoms with Crippen molar-refractivity contribution in [3.63, 3.8) is 0 Å². The number of para-hydroxylation sites is 2. The number of amides is 1. The van der Waals surface area contributed by atoms with Gasteiger partial charge in [0.05, 0.1) is 12.8 Å². The molecule has 1 aromatic rings. The first-order valence-corrected chi connectivity index (χ1v) is 6.71. The summed E-state index contributed by atoms with van der Waals surface area (Å²) in [6.45, 7) is 0.596. The zero-order valence-corrected chi connectivity index (χ0v) is 11.7.